The lowest BCUT2D eigenvalue weighted by molar-refractivity contribution is -0.123. The minimum atomic E-state index is -0.310. The van der Waals surface area contributed by atoms with Crippen LogP contribution in [0.15, 0.2) is 27.8 Å². The summed E-state index contributed by atoms with van der Waals surface area (Å²) >= 11 is 9.14. The van der Waals surface area contributed by atoms with Gasteiger partial charge in [-0.3, -0.25) is 4.79 Å². The molecule has 0 saturated heterocycles. The molecule has 0 aromatic heterocycles. The molecule has 4 nitrogen and oxygen atoms in total. The number of nitrogens with one attached hydrogen (secondary N) is 1. The topological polar surface area (TPSA) is 50.7 Å². The lowest BCUT2D eigenvalue weighted by atomic mass is 9.91. The molecule has 1 amide bonds. The fraction of sp³-hybridized carbons (Fsp3) is 0.429. The van der Waals surface area contributed by atoms with Crippen LogP contribution in [0.4, 0.5) is 0 Å². The van der Waals surface area contributed by atoms with Gasteiger partial charge in [-0.25, -0.2) is 5.43 Å². The van der Waals surface area contributed by atoms with Crippen molar-refractivity contribution in [2.45, 2.75) is 27.7 Å². The zero-order chi connectivity index (χ0) is 15.3. The molecule has 1 N–H and O–H groups in total. The fourth-order valence-corrected chi connectivity index (χ4v) is 1.88. The van der Waals surface area contributed by atoms with Gasteiger partial charge >= 0.3 is 0 Å². The first kappa shape index (κ1) is 17.0. The predicted molar refractivity (Wildman–Crippen MR) is 85.4 cm³/mol. The second kappa shape index (κ2) is 7.09. The summed E-state index contributed by atoms with van der Waals surface area (Å²) in [4.78, 5) is 11.6. The average molecular weight is 362 g/mol. The van der Waals surface area contributed by atoms with E-state index < -0.39 is 0 Å². The van der Waals surface area contributed by atoms with Crippen molar-refractivity contribution < 1.29 is 9.53 Å². The van der Waals surface area contributed by atoms with Gasteiger partial charge in [0, 0.05) is 16.1 Å². The van der Waals surface area contributed by atoms with Crippen molar-refractivity contribution in [3.63, 3.8) is 0 Å². The Morgan fingerprint density at radius 2 is 2.10 bits per heavy atom. The molecule has 0 heterocycles. The molecule has 1 rings (SSSR count). The molecule has 6 heteroatoms. The largest absolute Gasteiger partial charge is 0.483 e. The Balaban J connectivity index is 2.52. The van der Waals surface area contributed by atoms with Gasteiger partial charge in [0.15, 0.2) is 6.61 Å². The van der Waals surface area contributed by atoms with Crippen LogP contribution in [0.5, 0.6) is 5.75 Å². The first-order chi connectivity index (χ1) is 9.20. The summed E-state index contributed by atoms with van der Waals surface area (Å²) < 4.78 is 6.09. The molecular formula is C14H18BrClN2O2. The number of hydrazone groups is 1. The summed E-state index contributed by atoms with van der Waals surface area (Å²) in [5.41, 5.74) is 3.24. The molecule has 0 aliphatic rings. The minimum absolute atomic E-state index is 0.0760. The van der Waals surface area contributed by atoms with Crippen molar-refractivity contribution in [1.29, 1.82) is 0 Å². The maximum absolute atomic E-state index is 11.6. The van der Waals surface area contributed by atoms with Gasteiger partial charge in [-0.2, -0.15) is 5.10 Å². The van der Waals surface area contributed by atoms with Crippen LogP contribution in [-0.2, 0) is 4.79 Å². The molecule has 110 valence electrons. The van der Waals surface area contributed by atoms with E-state index in [9.17, 15) is 4.79 Å². The smallest absolute Gasteiger partial charge is 0.277 e. The van der Waals surface area contributed by atoms with Crippen LogP contribution < -0.4 is 10.2 Å². The molecular weight excluding hydrogens is 344 g/mol. The van der Waals surface area contributed by atoms with Crippen molar-refractivity contribution in [2.75, 3.05) is 6.61 Å². The SMILES string of the molecule is CC(=NNC(=O)COc1ccc(Cl)cc1Br)C(C)(C)C. The number of carbonyl (C=O) groups is 1. The van der Waals surface area contributed by atoms with Gasteiger partial charge < -0.3 is 4.74 Å². The molecule has 0 atom stereocenters. The number of amides is 1. The number of ether oxygens (including phenoxy) is 1. The van der Waals surface area contributed by atoms with Gasteiger partial charge in [0.25, 0.3) is 5.91 Å². The Kier molecular flexibility index (Phi) is 6.02. The second-order valence-electron chi connectivity index (χ2n) is 5.35. The third-order valence-electron chi connectivity index (χ3n) is 2.69. The number of rotatable bonds is 4. The zero-order valence-electron chi connectivity index (χ0n) is 12.0. The summed E-state index contributed by atoms with van der Waals surface area (Å²) in [6.45, 7) is 7.84. The highest BCUT2D eigenvalue weighted by molar-refractivity contribution is 9.10. The predicted octanol–water partition coefficient (Wildman–Crippen LogP) is 4.02. The summed E-state index contributed by atoms with van der Waals surface area (Å²) in [5.74, 6) is 0.247. The van der Waals surface area contributed by atoms with E-state index in [-0.39, 0.29) is 17.9 Å². The molecule has 0 unspecified atom stereocenters. The van der Waals surface area contributed by atoms with Gasteiger partial charge in [0.2, 0.25) is 0 Å². The van der Waals surface area contributed by atoms with Crippen molar-refractivity contribution >= 4 is 39.1 Å². The van der Waals surface area contributed by atoms with Gasteiger partial charge in [0.1, 0.15) is 5.75 Å². The Bertz CT molecular complexity index is 524. The fourth-order valence-electron chi connectivity index (χ4n) is 1.08. The maximum Gasteiger partial charge on any atom is 0.277 e. The summed E-state index contributed by atoms with van der Waals surface area (Å²) in [5, 5.41) is 4.64. The van der Waals surface area contributed by atoms with Crippen LogP contribution in [0.1, 0.15) is 27.7 Å². The van der Waals surface area contributed by atoms with E-state index in [0.29, 0.717) is 15.2 Å². The van der Waals surface area contributed by atoms with Crippen LogP contribution in [0.2, 0.25) is 5.02 Å². The molecule has 1 aromatic rings. The minimum Gasteiger partial charge on any atom is -0.483 e. The molecule has 0 radical (unpaired) electrons. The Morgan fingerprint density at radius 1 is 1.45 bits per heavy atom. The number of carbonyl (C=O) groups excluding carboxylic acids is 1. The molecule has 0 spiro atoms. The number of hydrogen-bond donors (Lipinski definition) is 1. The molecule has 0 aliphatic heterocycles. The van der Waals surface area contributed by atoms with Gasteiger partial charge in [-0.15, -0.1) is 0 Å². The molecule has 0 bridgehead atoms. The lowest BCUT2D eigenvalue weighted by Crippen LogP contribution is -2.28. The monoisotopic (exact) mass is 360 g/mol. The zero-order valence-corrected chi connectivity index (χ0v) is 14.3. The van der Waals surface area contributed by atoms with Gasteiger partial charge in [-0.1, -0.05) is 32.4 Å². The number of nitrogens with zero attached hydrogens (tertiary/aromatic N) is 1. The summed E-state index contributed by atoms with van der Waals surface area (Å²) in [7, 11) is 0. The number of benzene rings is 1. The summed E-state index contributed by atoms with van der Waals surface area (Å²) in [6.07, 6.45) is 0. The third-order valence-corrected chi connectivity index (χ3v) is 3.54. The van der Waals surface area contributed by atoms with Crippen molar-refractivity contribution in [3.05, 3.63) is 27.7 Å². The molecule has 0 saturated carbocycles. The van der Waals surface area contributed by atoms with E-state index in [0.717, 1.165) is 5.71 Å². The van der Waals surface area contributed by atoms with Crippen LogP contribution in [0, 0.1) is 5.41 Å². The molecule has 0 aliphatic carbocycles. The molecule has 1 aromatic carbocycles. The Hall–Kier alpha value is -1.07. The molecule has 20 heavy (non-hydrogen) atoms. The van der Waals surface area contributed by atoms with Gasteiger partial charge in [-0.05, 0) is 41.1 Å². The van der Waals surface area contributed by atoms with E-state index in [1.54, 1.807) is 18.2 Å². The first-order valence-electron chi connectivity index (χ1n) is 6.11. The summed E-state index contributed by atoms with van der Waals surface area (Å²) in [6, 6.07) is 5.10. The van der Waals surface area contributed by atoms with E-state index >= 15 is 0 Å². The van der Waals surface area contributed by atoms with Crippen molar-refractivity contribution in [3.8, 4) is 5.75 Å². The van der Waals surface area contributed by atoms with E-state index in [4.69, 9.17) is 16.3 Å². The standard InChI is InChI=1S/C14H18BrClN2O2/c1-9(14(2,3)4)17-18-13(19)8-20-12-6-5-10(16)7-11(12)15/h5-7H,8H2,1-4H3,(H,18,19). The normalized spacial score (nSPS) is 12.2. The highest BCUT2D eigenvalue weighted by Gasteiger charge is 2.14. The van der Waals surface area contributed by atoms with Crippen molar-refractivity contribution in [1.82, 2.24) is 5.43 Å². The van der Waals surface area contributed by atoms with Crippen molar-refractivity contribution in [2.24, 2.45) is 10.5 Å². The molecule has 0 fully saturated rings. The average Bonchev–Trinajstić information content (AvgIpc) is 2.33. The van der Waals surface area contributed by atoms with E-state index in [2.05, 4.69) is 26.5 Å². The Morgan fingerprint density at radius 3 is 2.65 bits per heavy atom. The maximum atomic E-state index is 11.6. The number of halogens is 2. The first-order valence-corrected chi connectivity index (χ1v) is 7.28. The van der Waals surface area contributed by atoms with Crippen LogP contribution in [0.3, 0.4) is 0 Å². The van der Waals surface area contributed by atoms with E-state index in [1.807, 2.05) is 27.7 Å². The second-order valence-corrected chi connectivity index (χ2v) is 6.64. The third kappa shape index (κ3) is 5.51. The number of hydrogen-bond acceptors (Lipinski definition) is 3. The lowest BCUT2D eigenvalue weighted by Gasteiger charge is -2.17. The highest BCUT2D eigenvalue weighted by Crippen LogP contribution is 2.27. The van der Waals surface area contributed by atoms with Crippen LogP contribution in [-0.4, -0.2) is 18.2 Å². The quantitative estimate of drug-likeness (QED) is 0.650. The van der Waals surface area contributed by atoms with E-state index in [1.165, 1.54) is 0 Å². The highest BCUT2D eigenvalue weighted by atomic mass is 79.9. The van der Waals surface area contributed by atoms with Crippen LogP contribution >= 0.6 is 27.5 Å². The Labute approximate surface area is 132 Å². The van der Waals surface area contributed by atoms with Gasteiger partial charge in [0.05, 0.1) is 4.47 Å². The van der Waals surface area contributed by atoms with Crippen LogP contribution in [0.25, 0.3) is 0 Å².